The van der Waals surface area contributed by atoms with E-state index in [2.05, 4.69) is 0 Å². The van der Waals surface area contributed by atoms with E-state index in [0.717, 1.165) is 0 Å². The van der Waals surface area contributed by atoms with Crippen molar-refractivity contribution in [3.8, 4) is 0 Å². The van der Waals surface area contributed by atoms with Gasteiger partial charge < -0.3 is 63.1 Å². The minimum Gasteiger partial charge on any atom is -0.418 e. The lowest BCUT2D eigenvalue weighted by atomic mass is 10.3. The van der Waals surface area contributed by atoms with Gasteiger partial charge in [0.2, 0.25) is 0 Å². The largest absolute Gasteiger partial charge is 0.673 e. The third kappa shape index (κ3) is 567. The van der Waals surface area contributed by atoms with Gasteiger partial charge in [-0.15, -0.1) is 0 Å². The highest BCUT2D eigenvalue weighted by Crippen LogP contribution is 2.23. The van der Waals surface area contributed by atoms with Gasteiger partial charge in [-0.1, -0.05) is 0 Å². The fraction of sp³-hybridized carbons (Fsp3) is 0. The average molecular weight is 239 g/mol. The first-order valence-corrected chi connectivity index (χ1v) is 3.49. The summed E-state index contributed by atoms with van der Waals surface area (Å²) in [4.78, 5) is 0. The molecule has 0 rings (SSSR count). The van der Waals surface area contributed by atoms with Crippen LogP contribution in [0.5, 0.6) is 0 Å². The summed E-state index contributed by atoms with van der Waals surface area (Å²) in [5.41, 5.74) is 0. The van der Waals surface area contributed by atoms with E-state index in [-0.39, 0.29) is 0 Å². The van der Waals surface area contributed by atoms with Crippen LogP contribution < -0.4 is 0 Å². The molecule has 0 amide bonds. The van der Waals surface area contributed by atoms with Crippen LogP contribution >= 0.6 is 45.8 Å². The molecule has 0 aliphatic rings. The standard InChI is InChI=1S/BCl4.BF4/c2*2-1(3,4)5/q2*-1. The van der Waals surface area contributed by atoms with Crippen LogP contribution in [0.25, 0.3) is 0 Å². The van der Waals surface area contributed by atoms with E-state index in [0.29, 0.717) is 0 Å². The summed E-state index contributed by atoms with van der Waals surface area (Å²) in [5, 5.41) is 0. The Hall–Kier alpha value is 1.01. The van der Waals surface area contributed by atoms with Crippen molar-refractivity contribution in [1.82, 2.24) is 0 Å². The van der Waals surface area contributed by atoms with Crippen molar-refractivity contribution >= 4 is 56.9 Å². The maximum absolute atomic E-state index is 9.75. The second kappa shape index (κ2) is 4.80. The van der Waals surface area contributed by atoms with Crippen LogP contribution in [0.4, 0.5) is 17.3 Å². The van der Waals surface area contributed by atoms with Crippen LogP contribution in [0, 0.1) is 0 Å². The maximum atomic E-state index is 9.75. The summed E-state index contributed by atoms with van der Waals surface area (Å²) in [6, 6.07) is 0. The molecule has 0 N–H and O–H groups in total. The molecule has 0 fully saturated rings. The molecule has 0 saturated heterocycles. The molecule has 0 aromatic carbocycles. The fourth-order valence-corrected chi connectivity index (χ4v) is 0. The Bertz CT molecular complexity index is 58.2. The summed E-state index contributed by atoms with van der Waals surface area (Å²) in [6.07, 6.45) is 0. The molecule has 0 radical (unpaired) electrons. The summed E-state index contributed by atoms with van der Waals surface area (Å²) < 4.78 is 36.9. The van der Waals surface area contributed by atoms with Gasteiger partial charge in [-0.05, 0) is 0 Å². The molecular weight excluding hydrogens is 239 g/mol. The molecule has 0 spiro atoms. The molecular formula is B2Cl4F4-2. The van der Waals surface area contributed by atoms with Gasteiger partial charge in [-0.2, -0.15) is 0 Å². The molecule has 0 aromatic heterocycles. The lowest BCUT2D eigenvalue weighted by molar-refractivity contribution is 0.368. The smallest absolute Gasteiger partial charge is 0.418 e. The molecule has 0 aliphatic carbocycles. The fourth-order valence-electron chi connectivity index (χ4n) is 0. The molecule has 0 aromatic rings. The normalized spacial score (nSPS) is 12.0. The van der Waals surface area contributed by atoms with Crippen LogP contribution in [0.15, 0.2) is 0 Å². The molecule has 0 atom stereocenters. The molecule has 10 heteroatoms. The number of rotatable bonds is 0. The Morgan fingerprint density at radius 1 is 0.700 bits per heavy atom. The third-order valence-corrected chi connectivity index (χ3v) is 0. The zero-order chi connectivity index (χ0) is 9.00. The highest BCUT2D eigenvalue weighted by Gasteiger charge is 2.20. The first-order valence-electron chi connectivity index (χ1n) is 1.75. The summed E-state index contributed by atoms with van der Waals surface area (Å²) >= 11 is 19.6. The average Bonchev–Trinajstić information content (AvgIpc) is 1.12. The van der Waals surface area contributed by atoms with E-state index in [4.69, 9.17) is 45.8 Å². The Balaban J connectivity index is 0. The lowest BCUT2D eigenvalue weighted by Crippen LogP contribution is -2.02. The van der Waals surface area contributed by atoms with E-state index >= 15 is 0 Å². The van der Waals surface area contributed by atoms with Crippen LogP contribution in [0.1, 0.15) is 0 Å². The summed E-state index contributed by atoms with van der Waals surface area (Å²) in [6.45, 7) is 0. The van der Waals surface area contributed by atoms with Gasteiger partial charge in [0, 0.05) is 0 Å². The number of hydrogen-bond donors (Lipinski definition) is 0. The Kier molecular flexibility index (Phi) is 6.52. The summed E-state index contributed by atoms with van der Waals surface area (Å²) in [7, 11) is -6.00. The van der Waals surface area contributed by atoms with Crippen molar-refractivity contribution in [3.05, 3.63) is 0 Å². The molecule has 10 heavy (non-hydrogen) atoms. The van der Waals surface area contributed by atoms with Crippen molar-refractivity contribution in [1.29, 1.82) is 0 Å². The van der Waals surface area contributed by atoms with Crippen LogP contribution in [-0.2, 0) is 0 Å². The van der Waals surface area contributed by atoms with E-state index in [1.54, 1.807) is 0 Å². The van der Waals surface area contributed by atoms with E-state index in [1.807, 2.05) is 0 Å². The van der Waals surface area contributed by atoms with Crippen LogP contribution in [0.3, 0.4) is 0 Å². The third-order valence-electron chi connectivity index (χ3n) is 0. The van der Waals surface area contributed by atoms with Gasteiger partial charge in [-0.25, -0.2) is 0 Å². The van der Waals surface area contributed by atoms with Crippen molar-refractivity contribution in [2.24, 2.45) is 0 Å². The van der Waals surface area contributed by atoms with Crippen molar-refractivity contribution in [2.75, 3.05) is 0 Å². The highest BCUT2D eigenvalue weighted by molar-refractivity contribution is 7.81. The van der Waals surface area contributed by atoms with Crippen LogP contribution in [-0.4, -0.2) is 11.1 Å². The minimum absolute atomic E-state index is 2.11. The highest BCUT2D eigenvalue weighted by atomic mass is 35.6. The van der Waals surface area contributed by atoms with E-state index in [1.165, 1.54) is 0 Å². The molecule has 0 unspecified atom stereocenters. The number of halogens is 8. The molecule has 0 heterocycles. The predicted octanol–water partition coefficient (Wildman–Crippen LogP) is 3.68. The van der Waals surface area contributed by atoms with Gasteiger partial charge in [-0.3, -0.25) is 0 Å². The monoisotopic (exact) mass is 238 g/mol. The Labute approximate surface area is 74.4 Å². The first kappa shape index (κ1) is 13.6. The summed E-state index contributed by atoms with van der Waals surface area (Å²) in [5.74, 6) is 0. The molecule has 0 nitrogen and oxygen atoms in total. The zero-order valence-electron chi connectivity index (χ0n) is 4.18. The minimum atomic E-state index is -6.00. The maximum Gasteiger partial charge on any atom is 0.673 e. The predicted molar refractivity (Wildman–Crippen MR) is 39.4 cm³/mol. The molecule has 0 saturated carbocycles. The lowest BCUT2D eigenvalue weighted by Gasteiger charge is -2.03. The van der Waals surface area contributed by atoms with Gasteiger partial charge in [0.25, 0.3) is 0 Å². The second-order valence-corrected chi connectivity index (χ2v) is 4.95. The molecule has 64 valence electrons. The number of hydrogen-bond acceptors (Lipinski definition) is 0. The van der Waals surface area contributed by atoms with Crippen molar-refractivity contribution in [3.63, 3.8) is 0 Å². The van der Waals surface area contributed by atoms with Crippen molar-refractivity contribution in [2.45, 2.75) is 0 Å². The van der Waals surface area contributed by atoms with Gasteiger partial charge >= 0.3 is 11.1 Å². The van der Waals surface area contributed by atoms with E-state index < -0.39 is 11.1 Å². The van der Waals surface area contributed by atoms with Gasteiger partial charge in [0.05, 0.1) is 0 Å². The topological polar surface area (TPSA) is 0 Å². The second-order valence-electron chi connectivity index (χ2n) is 0.990. The first-order chi connectivity index (χ1) is 4.00. The quantitative estimate of drug-likeness (QED) is 0.447. The van der Waals surface area contributed by atoms with Gasteiger partial charge in [0.15, 0.2) is 0 Å². The Morgan fingerprint density at radius 2 is 0.700 bits per heavy atom. The van der Waals surface area contributed by atoms with E-state index in [9.17, 15) is 17.3 Å². The Morgan fingerprint density at radius 3 is 0.700 bits per heavy atom. The SMILES string of the molecule is Cl[B-](Cl)(Cl)Cl.F[B-](F)(F)F. The van der Waals surface area contributed by atoms with Crippen molar-refractivity contribution < 1.29 is 17.3 Å². The van der Waals surface area contributed by atoms with Gasteiger partial charge in [0.1, 0.15) is 0 Å². The van der Waals surface area contributed by atoms with Crippen LogP contribution in [0.2, 0.25) is 0 Å². The molecule has 0 aliphatic heterocycles. The zero-order valence-corrected chi connectivity index (χ0v) is 7.20. The molecule has 0 bridgehead atoms.